The Morgan fingerprint density at radius 3 is 2.62 bits per heavy atom. The second-order valence-electron chi connectivity index (χ2n) is 2.71. The molecule has 0 aromatic carbocycles. The van der Waals surface area contributed by atoms with Crippen molar-refractivity contribution < 1.29 is 23.8 Å². The Morgan fingerprint density at radius 1 is 1.69 bits per heavy atom. The third-order valence-electron chi connectivity index (χ3n) is 1.05. The van der Waals surface area contributed by atoms with Crippen LogP contribution in [-0.2, 0) is 13.6 Å². The van der Waals surface area contributed by atoms with E-state index in [4.69, 9.17) is 19.3 Å². The van der Waals surface area contributed by atoms with Gasteiger partial charge < -0.3 is 14.7 Å². The van der Waals surface area contributed by atoms with E-state index >= 15 is 0 Å². The maximum atomic E-state index is 11.3. The molecule has 5 nitrogen and oxygen atoms in total. The van der Waals surface area contributed by atoms with Crippen molar-refractivity contribution in [2.45, 2.75) is 19.0 Å². The van der Waals surface area contributed by atoms with Crippen molar-refractivity contribution in [3.8, 4) is 0 Å². The van der Waals surface area contributed by atoms with Gasteiger partial charge in [0, 0.05) is 0 Å². The van der Waals surface area contributed by atoms with Crippen LogP contribution in [0.25, 0.3) is 0 Å². The molecule has 13 heavy (non-hydrogen) atoms. The summed E-state index contributed by atoms with van der Waals surface area (Å²) in [6.07, 6.45) is -0.728. The molecule has 8 heteroatoms. The van der Waals surface area contributed by atoms with E-state index < -0.39 is 18.9 Å². The predicted molar refractivity (Wildman–Crippen MR) is 54.7 cm³/mol. The summed E-state index contributed by atoms with van der Waals surface area (Å²) in [5, 5.41) is 17.4. The number of hydrogen-bond donors (Lipinski definition) is 3. The standard InChI is InChI=1S/C5H14BO5PS/c1-4(8)3-10-12(9,13)11-5(6)2-7/h4-5,7-8H,2-3,6H2,1H3,(H,9,13). The molecule has 2 N–H and O–H groups in total. The van der Waals surface area contributed by atoms with Gasteiger partial charge in [-0.3, -0.25) is 4.52 Å². The van der Waals surface area contributed by atoms with Crippen LogP contribution in [0.4, 0.5) is 0 Å². The minimum Gasteiger partial charge on any atom is -0.394 e. The molecule has 78 valence electrons. The molecular formula is C5H14BO5PS. The van der Waals surface area contributed by atoms with Crippen LogP contribution in [0.1, 0.15) is 6.92 Å². The average Bonchev–Trinajstić information content (AvgIpc) is 2.00. The molecule has 0 fully saturated rings. The van der Waals surface area contributed by atoms with E-state index in [1.807, 2.05) is 0 Å². The highest BCUT2D eigenvalue weighted by Gasteiger charge is 2.22. The Labute approximate surface area is 83.5 Å². The normalized spacial score (nSPS) is 20.6. The van der Waals surface area contributed by atoms with Crippen LogP contribution in [0, 0.1) is 0 Å². The van der Waals surface area contributed by atoms with Crippen molar-refractivity contribution in [3.63, 3.8) is 0 Å². The van der Waals surface area contributed by atoms with Crippen molar-refractivity contribution in [2.75, 3.05) is 13.2 Å². The summed E-state index contributed by atoms with van der Waals surface area (Å²) in [7, 11) is 1.54. The number of aliphatic hydroxyl groups is 2. The van der Waals surface area contributed by atoms with Gasteiger partial charge in [-0.05, 0) is 6.92 Å². The lowest BCUT2D eigenvalue weighted by Gasteiger charge is -2.17. The third kappa shape index (κ3) is 7.55. The van der Waals surface area contributed by atoms with Gasteiger partial charge in [-0.15, -0.1) is 0 Å². The maximum absolute atomic E-state index is 11.3. The second kappa shape index (κ2) is 6.06. The van der Waals surface area contributed by atoms with E-state index in [2.05, 4.69) is 12.2 Å². The molecule has 0 spiro atoms. The summed E-state index contributed by atoms with van der Waals surface area (Å²) in [6, 6.07) is -0.600. The summed E-state index contributed by atoms with van der Waals surface area (Å²) in [4.78, 5) is 0. The molecule has 0 rings (SSSR count). The maximum Gasteiger partial charge on any atom is 0.385 e. The zero-order chi connectivity index (χ0) is 10.5. The first-order chi connectivity index (χ1) is 5.87. The van der Waals surface area contributed by atoms with Crippen molar-refractivity contribution in [1.82, 2.24) is 0 Å². The van der Waals surface area contributed by atoms with E-state index in [-0.39, 0.29) is 13.2 Å². The van der Waals surface area contributed by atoms with Crippen molar-refractivity contribution in [1.29, 1.82) is 0 Å². The minimum absolute atomic E-state index is 0.112. The van der Waals surface area contributed by atoms with Crippen LogP contribution in [0.15, 0.2) is 0 Å². The van der Waals surface area contributed by atoms with Crippen molar-refractivity contribution in [2.24, 2.45) is 0 Å². The van der Waals surface area contributed by atoms with Crippen LogP contribution in [-0.4, -0.2) is 43.4 Å². The van der Waals surface area contributed by atoms with Crippen molar-refractivity contribution in [3.05, 3.63) is 0 Å². The fourth-order valence-corrected chi connectivity index (χ4v) is 2.16. The highest BCUT2D eigenvalue weighted by atomic mass is 32.7. The Morgan fingerprint density at radius 2 is 2.23 bits per heavy atom. The topological polar surface area (TPSA) is 76.0 Å². The second-order valence-corrected chi connectivity index (χ2v) is 5.59. The van der Waals surface area contributed by atoms with Gasteiger partial charge in [0.1, 0.15) is 7.85 Å². The molecule has 0 amide bonds. The van der Waals surface area contributed by atoms with Crippen LogP contribution in [0.3, 0.4) is 0 Å². The lowest BCUT2D eigenvalue weighted by atomic mass is 10.0. The van der Waals surface area contributed by atoms with Crippen molar-refractivity contribution >= 4 is 26.9 Å². The molecule has 3 atom stereocenters. The summed E-state index contributed by atoms with van der Waals surface area (Å²) in [5.74, 6) is 0. The molecule has 0 radical (unpaired) electrons. The largest absolute Gasteiger partial charge is 0.394 e. The fourth-order valence-electron chi connectivity index (χ4n) is 0.493. The van der Waals surface area contributed by atoms with Gasteiger partial charge in [0.2, 0.25) is 0 Å². The van der Waals surface area contributed by atoms with Crippen LogP contribution in [0.5, 0.6) is 0 Å². The van der Waals surface area contributed by atoms with Gasteiger partial charge in [0.05, 0.1) is 25.3 Å². The Bertz CT molecular complexity index is 190. The molecular weight excluding hydrogens is 214 g/mol. The summed E-state index contributed by atoms with van der Waals surface area (Å²) < 4.78 is 20.8. The Kier molecular flexibility index (Phi) is 6.29. The van der Waals surface area contributed by atoms with E-state index in [9.17, 15) is 4.57 Å². The smallest absolute Gasteiger partial charge is 0.385 e. The molecule has 0 bridgehead atoms. The molecule has 3 unspecified atom stereocenters. The molecule has 0 aliphatic heterocycles. The van der Waals surface area contributed by atoms with Gasteiger partial charge in [0.15, 0.2) is 0 Å². The summed E-state index contributed by atoms with van der Waals surface area (Å²) in [6.45, 7) is -2.33. The Hall–Kier alpha value is 0.485. The van der Waals surface area contributed by atoms with Crippen LogP contribution >= 0.6 is 19.0 Å². The first kappa shape index (κ1) is 13.5. The highest BCUT2D eigenvalue weighted by molar-refractivity contribution is 8.44. The SMILES string of the molecule is BC(CO)OP(=O)(S)OCC(C)O. The number of thiol groups is 1. The monoisotopic (exact) mass is 228 g/mol. The molecule has 0 aliphatic rings. The first-order valence-electron chi connectivity index (χ1n) is 3.82. The van der Waals surface area contributed by atoms with Crippen LogP contribution in [0.2, 0.25) is 0 Å². The highest BCUT2D eigenvalue weighted by Crippen LogP contribution is 2.53. The number of aliphatic hydroxyl groups excluding tert-OH is 2. The fraction of sp³-hybridized carbons (Fsp3) is 1.00. The lowest BCUT2D eigenvalue weighted by molar-refractivity contribution is 0.0982. The molecule has 0 aromatic rings. The quantitative estimate of drug-likeness (QED) is 0.321. The summed E-state index contributed by atoms with van der Waals surface area (Å²) in [5.41, 5.74) is 0. The molecule has 0 saturated heterocycles. The number of hydrogen-bond acceptors (Lipinski definition) is 5. The lowest BCUT2D eigenvalue weighted by Crippen LogP contribution is -2.17. The van der Waals surface area contributed by atoms with Gasteiger partial charge in [-0.25, -0.2) is 4.57 Å². The predicted octanol–water partition coefficient (Wildman–Crippen LogP) is -0.610. The van der Waals surface area contributed by atoms with E-state index in [0.717, 1.165) is 0 Å². The summed E-state index contributed by atoms with van der Waals surface area (Å²) >= 11 is 3.64. The minimum atomic E-state index is -3.44. The molecule has 0 aromatic heterocycles. The van der Waals surface area contributed by atoms with E-state index in [0.29, 0.717) is 0 Å². The zero-order valence-electron chi connectivity index (χ0n) is 7.58. The molecule has 0 aliphatic carbocycles. The van der Waals surface area contributed by atoms with E-state index in [1.54, 1.807) is 0 Å². The van der Waals surface area contributed by atoms with Gasteiger partial charge in [0.25, 0.3) is 0 Å². The Balaban J connectivity index is 3.87. The average molecular weight is 228 g/mol. The molecule has 0 heterocycles. The van der Waals surface area contributed by atoms with E-state index in [1.165, 1.54) is 14.8 Å². The molecule has 0 saturated carbocycles. The van der Waals surface area contributed by atoms with Gasteiger partial charge >= 0.3 is 6.80 Å². The van der Waals surface area contributed by atoms with Gasteiger partial charge in [-0.1, -0.05) is 12.2 Å². The first-order valence-corrected chi connectivity index (χ1v) is 6.51. The van der Waals surface area contributed by atoms with Crippen LogP contribution < -0.4 is 0 Å². The zero-order valence-corrected chi connectivity index (χ0v) is 9.37. The number of rotatable bonds is 6. The van der Waals surface area contributed by atoms with Gasteiger partial charge in [-0.2, -0.15) is 0 Å². The third-order valence-corrected chi connectivity index (χ3v) is 2.78.